The van der Waals surface area contributed by atoms with Crippen molar-refractivity contribution in [2.24, 2.45) is 11.8 Å². The third kappa shape index (κ3) is 5.24. The summed E-state index contributed by atoms with van der Waals surface area (Å²) in [5.41, 5.74) is 8.21. The Bertz CT molecular complexity index is 1610. The first-order valence-corrected chi connectivity index (χ1v) is 14.6. The van der Waals surface area contributed by atoms with E-state index in [9.17, 15) is 10.1 Å². The van der Waals surface area contributed by atoms with Gasteiger partial charge in [0.15, 0.2) is 0 Å². The van der Waals surface area contributed by atoms with E-state index in [-0.39, 0.29) is 5.91 Å². The number of piperidine rings is 1. The highest BCUT2D eigenvalue weighted by Gasteiger charge is 2.29. The van der Waals surface area contributed by atoms with Gasteiger partial charge in [0.2, 0.25) is 0 Å². The molecule has 41 heavy (non-hydrogen) atoms. The number of carbonyl (C=O) groups is 1. The lowest BCUT2D eigenvalue weighted by Gasteiger charge is -2.39. The average molecular weight is 548 g/mol. The standard InChI is InChI=1S/C33H37N7O/c1-22-14-23(2)29(33(41)39-12-10-38(11-13-39)31-20-35-18-28-19-36-37-32(28)31)16-27(22)15-25-8-9-40(21-24(25)3)30-7-5-4-6-26(30)17-34/h4-7,14,16,18-20,24-25H,8-13,15,21H2,1-3H3,(H,36,37). The summed E-state index contributed by atoms with van der Waals surface area (Å²) in [5.74, 6) is 1.14. The second-order valence-electron chi connectivity index (χ2n) is 11.7. The number of anilines is 2. The highest BCUT2D eigenvalue weighted by atomic mass is 16.2. The minimum atomic E-state index is 0.122. The number of carbonyl (C=O) groups excluding carboxylic acids is 1. The molecule has 6 rings (SSSR count). The molecular formula is C33H37N7O. The van der Waals surface area contributed by atoms with Crippen molar-refractivity contribution in [3.63, 3.8) is 0 Å². The molecule has 0 aliphatic carbocycles. The molecule has 2 aromatic carbocycles. The maximum absolute atomic E-state index is 13.8. The number of aromatic amines is 1. The predicted octanol–water partition coefficient (Wildman–Crippen LogP) is 5.11. The molecule has 0 saturated carbocycles. The van der Waals surface area contributed by atoms with Crippen LogP contribution >= 0.6 is 0 Å². The van der Waals surface area contributed by atoms with E-state index < -0.39 is 0 Å². The molecule has 8 nitrogen and oxygen atoms in total. The van der Waals surface area contributed by atoms with Crippen molar-refractivity contribution in [3.05, 3.63) is 82.8 Å². The van der Waals surface area contributed by atoms with Crippen LogP contribution in [-0.2, 0) is 6.42 Å². The van der Waals surface area contributed by atoms with Crippen LogP contribution in [0.5, 0.6) is 0 Å². The summed E-state index contributed by atoms with van der Waals surface area (Å²) in [6.45, 7) is 11.3. The number of hydrogen-bond acceptors (Lipinski definition) is 6. The Morgan fingerprint density at radius 3 is 2.59 bits per heavy atom. The van der Waals surface area contributed by atoms with Crippen molar-refractivity contribution in [1.29, 1.82) is 5.26 Å². The van der Waals surface area contributed by atoms with Crippen LogP contribution in [0.2, 0.25) is 0 Å². The Kier molecular flexibility index (Phi) is 7.36. The molecule has 1 amide bonds. The highest BCUT2D eigenvalue weighted by Crippen LogP contribution is 2.33. The summed E-state index contributed by atoms with van der Waals surface area (Å²) in [5, 5.41) is 17.8. The second-order valence-corrected chi connectivity index (χ2v) is 11.7. The normalized spacial score (nSPS) is 19.4. The Labute approximate surface area is 241 Å². The lowest BCUT2D eigenvalue weighted by molar-refractivity contribution is 0.0746. The van der Waals surface area contributed by atoms with E-state index in [4.69, 9.17) is 0 Å². The fourth-order valence-electron chi connectivity index (χ4n) is 6.60. The molecule has 2 aliphatic rings. The molecular weight excluding hydrogens is 510 g/mol. The molecule has 1 N–H and O–H groups in total. The van der Waals surface area contributed by atoms with Gasteiger partial charge < -0.3 is 14.7 Å². The van der Waals surface area contributed by atoms with Gasteiger partial charge in [-0.2, -0.15) is 10.4 Å². The summed E-state index contributed by atoms with van der Waals surface area (Å²) in [4.78, 5) is 24.8. The monoisotopic (exact) mass is 547 g/mol. The van der Waals surface area contributed by atoms with Crippen molar-refractivity contribution in [1.82, 2.24) is 20.1 Å². The van der Waals surface area contributed by atoms with Crippen LogP contribution in [0.3, 0.4) is 0 Å². The third-order valence-electron chi connectivity index (χ3n) is 9.09. The number of nitrogens with one attached hydrogen (secondary N) is 1. The number of fused-ring (bicyclic) bond motifs is 1. The van der Waals surface area contributed by atoms with Gasteiger partial charge in [0.05, 0.1) is 34.8 Å². The molecule has 0 bridgehead atoms. The largest absolute Gasteiger partial charge is 0.370 e. The Hall–Kier alpha value is -4.38. The van der Waals surface area contributed by atoms with Gasteiger partial charge in [-0.3, -0.25) is 14.9 Å². The van der Waals surface area contributed by atoms with Crippen LogP contribution in [0.4, 0.5) is 11.4 Å². The molecule has 2 aromatic heterocycles. The van der Waals surface area contributed by atoms with Crippen LogP contribution < -0.4 is 9.80 Å². The SMILES string of the molecule is Cc1cc(C)c(C(=O)N2CCN(c3cncc4cn[nH]c34)CC2)cc1CC1CCN(c2ccccc2C#N)CC1C. The Morgan fingerprint density at radius 1 is 1.00 bits per heavy atom. The molecule has 2 atom stereocenters. The Morgan fingerprint density at radius 2 is 1.80 bits per heavy atom. The molecule has 0 spiro atoms. The van der Waals surface area contributed by atoms with E-state index in [1.807, 2.05) is 35.5 Å². The van der Waals surface area contributed by atoms with Gasteiger partial charge in [0, 0.05) is 56.4 Å². The lowest BCUT2D eigenvalue weighted by atomic mass is 9.80. The number of para-hydroxylation sites is 1. The van der Waals surface area contributed by atoms with Gasteiger partial charge >= 0.3 is 0 Å². The topological polar surface area (TPSA) is 92.2 Å². The number of benzene rings is 2. The number of aryl methyl sites for hydroxylation is 2. The minimum absolute atomic E-state index is 0.122. The molecule has 2 saturated heterocycles. The maximum Gasteiger partial charge on any atom is 0.254 e. The number of nitrogens with zero attached hydrogens (tertiary/aromatic N) is 6. The molecule has 8 heteroatoms. The second kappa shape index (κ2) is 11.2. The van der Waals surface area contributed by atoms with Crippen LogP contribution in [0.15, 0.2) is 55.0 Å². The zero-order valence-corrected chi connectivity index (χ0v) is 24.1. The van der Waals surface area contributed by atoms with Gasteiger partial charge in [0.25, 0.3) is 5.91 Å². The van der Waals surface area contributed by atoms with Crippen molar-refractivity contribution in [2.75, 3.05) is 49.1 Å². The maximum atomic E-state index is 13.8. The van der Waals surface area contributed by atoms with E-state index >= 15 is 0 Å². The first-order chi connectivity index (χ1) is 19.9. The zero-order chi connectivity index (χ0) is 28.5. The van der Waals surface area contributed by atoms with Gasteiger partial charge in [-0.1, -0.05) is 25.1 Å². The van der Waals surface area contributed by atoms with Crippen molar-refractivity contribution < 1.29 is 4.79 Å². The van der Waals surface area contributed by atoms with E-state index in [1.54, 1.807) is 6.20 Å². The van der Waals surface area contributed by atoms with Crippen LogP contribution in [0.25, 0.3) is 10.9 Å². The van der Waals surface area contributed by atoms with E-state index in [0.717, 1.165) is 78.0 Å². The molecule has 2 aliphatic heterocycles. The number of nitriles is 1. The summed E-state index contributed by atoms with van der Waals surface area (Å²) < 4.78 is 0. The Balaban J connectivity index is 1.13. The molecule has 2 fully saturated rings. The lowest BCUT2D eigenvalue weighted by Crippen LogP contribution is -2.49. The van der Waals surface area contributed by atoms with Crippen molar-refractivity contribution in [2.45, 2.75) is 33.6 Å². The van der Waals surface area contributed by atoms with Crippen molar-refractivity contribution in [3.8, 4) is 6.07 Å². The number of hydrogen-bond donors (Lipinski definition) is 1. The molecule has 2 unspecified atom stereocenters. The van der Waals surface area contributed by atoms with E-state index in [1.165, 1.54) is 11.1 Å². The minimum Gasteiger partial charge on any atom is -0.370 e. The van der Waals surface area contributed by atoms with E-state index in [0.29, 0.717) is 24.9 Å². The first-order valence-electron chi connectivity index (χ1n) is 14.6. The predicted molar refractivity (Wildman–Crippen MR) is 162 cm³/mol. The van der Waals surface area contributed by atoms with Gasteiger partial charge in [-0.15, -0.1) is 0 Å². The summed E-state index contributed by atoms with van der Waals surface area (Å²) >= 11 is 0. The van der Waals surface area contributed by atoms with Crippen LogP contribution in [-0.4, -0.2) is 65.3 Å². The van der Waals surface area contributed by atoms with Gasteiger partial charge in [-0.25, -0.2) is 0 Å². The smallest absolute Gasteiger partial charge is 0.254 e. The van der Waals surface area contributed by atoms with Gasteiger partial charge in [0.1, 0.15) is 6.07 Å². The highest BCUT2D eigenvalue weighted by molar-refractivity contribution is 5.96. The zero-order valence-electron chi connectivity index (χ0n) is 24.1. The first kappa shape index (κ1) is 26.8. The molecule has 0 radical (unpaired) electrons. The molecule has 4 heterocycles. The molecule has 210 valence electrons. The van der Waals surface area contributed by atoms with E-state index in [2.05, 4.69) is 70.0 Å². The number of aromatic nitrogens is 3. The summed E-state index contributed by atoms with van der Waals surface area (Å²) in [6.07, 6.45) is 7.52. The van der Waals surface area contributed by atoms with Crippen LogP contribution in [0, 0.1) is 37.0 Å². The fourth-order valence-corrected chi connectivity index (χ4v) is 6.60. The third-order valence-corrected chi connectivity index (χ3v) is 9.09. The van der Waals surface area contributed by atoms with Crippen LogP contribution in [0.1, 0.15) is 46.0 Å². The number of pyridine rings is 1. The number of rotatable bonds is 5. The fraction of sp³-hybridized carbons (Fsp3) is 0.394. The molecule has 4 aromatic rings. The van der Waals surface area contributed by atoms with Crippen molar-refractivity contribution >= 4 is 28.2 Å². The number of piperazine rings is 1. The number of H-pyrrole nitrogens is 1. The summed E-state index contributed by atoms with van der Waals surface area (Å²) in [7, 11) is 0. The average Bonchev–Trinajstić information content (AvgIpc) is 3.48. The van der Waals surface area contributed by atoms with Gasteiger partial charge in [-0.05, 0) is 73.4 Å². The number of amides is 1. The quantitative estimate of drug-likeness (QED) is 0.373. The summed E-state index contributed by atoms with van der Waals surface area (Å²) in [6, 6.07) is 14.6.